The summed E-state index contributed by atoms with van der Waals surface area (Å²) in [5, 5.41) is 34.7. The van der Waals surface area contributed by atoms with Crippen molar-refractivity contribution in [1.82, 2.24) is 63.8 Å². The van der Waals surface area contributed by atoms with E-state index in [4.69, 9.17) is 14.2 Å². The van der Waals surface area contributed by atoms with Crippen molar-refractivity contribution >= 4 is 59.1 Å². The Hall–Kier alpha value is -3.10. The fraction of sp³-hybridized carbons (Fsp3) is 0.904. The van der Waals surface area contributed by atoms with Crippen LogP contribution in [-0.2, 0) is 38.2 Å². The second-order valence-corrected chi connectivity index (χ2v) is 22.5. The molecule has 0 aromatic carbocycles. The van der Waals surface area contributed by atoms with Gasteiger partial charge in [0.2, 0.25) is 29.5 Å². The number of carbonyl (C=O) groups excluding carboxylic acids is 6. The molecule has 0 unspecified atom stereocenters. The number of allylic oxidation sites excluding steroid dienone is 1. The van der Waals surface area contributed by atoms with Gasteiger partial charge in [0.15, 0.2) is 0 Å². The monoisotopic (exact) mass is 1560 g/mol. The summed E-state index contributed by atoms with van der Waals surface area (Å²) in [4.78, 5) is 61.5. The van der Waals surface area contributed by atoms with Crippen LogP contribution in [0.25, 0.3) is 0 Å². The van der Waals surface area contributed by atoms with Crippen molar-refractivity contribution in [3.8, 4) is 0 Å². The third-order valence-electron chi connectivity index (χ3n) is 12.6. The maximum atomic E-state index is 10.4. The summed E-state index contributed by atoms with van der Waals surface area (Å²) in [6.45, 7) is 78.7. The lowest BCUT2D eigenvalue weighted by Crippen LogP contribution is -2.39. The molecule has 0 bridgehead atoms. The van der Waals surface area contributed by atoms with E-state index in [0.29, 0.717) is 25.7 Å². The van der Waals surface area contributed by atoms with Gasteiger partial charge in [0, 0.05) is 154 Å². The summed E-state index contributed by atoms with van der Waals surface area (Å²) in [5.74, 6) is 5.69. The van der Waals surface area contributed by atoms with E-state index in [9.17, 15) is 28.8 Å². The molecule has 13 rings (SSSR count). The van der Waals surface area contributed by atoms with Gasteiger partial charge in [-0.3, -0.25) is 29.3 Å². The van der Waals surface area contributed by atoms with Crippen LogP contribution in [0.5, 0.6) is 0 Å². The molecule has 106 heavy (non-hydrogen) atoms. The number of morpholine rings is 1. The zero-order chi connectivity index (χ0) is 83.7. The quantitative estimate of drug-likeness (QED) is 0.101. The van der Waals surface area contributed by atoms with Gasteiger partial charge in [0.05, 0.1) is 13.2 Å². The van der Waals surface area contributed by atoms with E-state index >= 15 is 0 Å². The lowest BCUT2D eigenvalue weighted by atomic mass is 10.1. The van der Waals surface area contributed by atoms with Gasteiger partial charge in [-0.1, -0.05) is 199 Å². The normalized spacial score (nSPS) is 17.7. The number of hydrogen-bond acceptors (Lipinski definition) is 17. The number of carbonyl (C=O) groups is 6. The average Bonchev–Trinajstić information content (AvgIpc) is 1.56. The third kappa shape index (κ3) is 143. The Morgan fingerprint density at radius 2 is 0.519 bits per heavy atom. The molecule has 13 aliphatic heterocycles. The SMILES string of the molecule is C1CCNC1.C1CCNCC1.C1CCOC1.C1CCOCC1.C1CCSCC1.C1CNCCN1.C1COCCN1.C1CSCCN1.C=C1CCC(=O)N1.CC.CC.CC.CC.CC.CC.CC.CC.CC.CC.CC.CC.CC.O=C1CCCC(=O)N1.O=C1CCCCN1.O=C1CCCN1.O=C1NCCN1. The minimum Gasteiger partial charge on any atom is -0.381 e. The molecule has 13 aliphatic rings. The van der Waals surface area contributed by atoms with Crippen LogP contribution in [0.4, 0.5) is 4.79 Å². The van der Waals surface area contributed by atoms with Crippen molar-refractivity contribution in [2.45, 2.75) is 328 Å². The first-order valence-electron chi connectivity index (χ1n) is 43.7. The first kappa shape index (κ1) is 132. The number of piperidine rings is 3. The van der Waals surface area contributed by atoms with Crippen LogP contribution in [0.1, 0.15) is 328 Å². The molecule has 0 aromatic heterocycles. The topological polar surface area (TPSA) is 274 Å². The Balaban J connectivity index is -0.0000000784. The Kier molecular flexibility index (Phi) is 184. The summed E-state index contributed by atoms with van der Waals surface area (Å²) in [7, 11) is 0. The lowest BCUT2D eigenvalue weighted by molar-refractivity contribution is -0.133. The van der Waals surface area contributed by atoms with Crippen molar-refractivity contribution in [2.24, 2.45) is 0 Å². The van der Waals surface area contributed by atoms with Crippen molar-refractivity contribution in [3.05, 3.63) is 12.3 Å². The molecule has 0 aliphatic carbocycles. The van der Waals surface area contributed by atoms with Gasteiger partial charge in [-0.05, 0) is 140 Å². The molecule has 21 nitrogen and oxygen atoms in total. The zero-order valence-corrected chi connectivity index (χ0v) is 77.0. The average molecular weight is 1560 g/mol. The van der Waals surface area contributed by atoms with Gasteiger partial charge >= 0.3 is 6.03 Å². The molecule has 0 saturated carbocycles. The number of piperazine rings is 1. The highest BCUT2D eigenvalue weighted by Crippen LogP contribution is 2.15. The van der Waals surface area contributed by atoms with Crippen molar-refractivity contribution in [3.63, 3.8) is 0 Å². The predicted molar refractivity (Wildman–Crippen MR) is 476 cm³/mol. The summed E-state index contributed by atoms with van der Waals surface area (Å²) < 4.78 is 15.0. The van der Waals surface area contributed by atoms with Gasteiger partial charge in [-0.2, -0.15) is 23.5 Å². The van der Waals surface area contributed by atoms with E-state index in [1.54, 1.807) is 0 Å². The largest absolute Gasteiger partial charge is 0.381 e. The Morgan fingerprint density at radius 1 is 0.226 bits per heavy atom. The number of rotatable bonds is 0. The van der Waals surface area contributed by atoms with Gasteiger partial charge in [-0.15, -0.1) is 0 Å². The molecule has 0 aromatic rings. The molecule has 13 fully saturated rings. The van der Waals surface area contributed by atoms with E-state index in [0.717, 1.165) is 149 Å². The van der Waals surface area contributed by atoms with E-state index in [-0.39, 0.29) is 35.6 Å². The van der Waals surface area contributed by atoms with Crippen LogP contribution in [-0.4, -0.2) is 203 Å². The molecule has 0 radical (unpaired) electrons. The van der Waals surface area contributed by atoms with Gasteiger partial charge in [0.25, 0.3) is 0 Å². The molecule has 13 saturated heterocycles. The molecule has 23 heteroatoms. The number of ether oxygens (including phenoxy) is 3. The van der Waals surface area contributed by atoms with Crippen LogP contribution < -0.4 is 63.8 Å². The first-order chi connectivity index (χ1) is 52.3. The number of thioether (sulfide) groups is 2. The molecular formula is C83H190N12O9S2. The summed E-state index contributed by atoms with van der Waals surface area (Å²) in [6, 6.07) is -0.0463. The third-order valence-corrected chi connectivity index (χ3v) is 14.7. The number of imide groups is 1. The summed E-state index contributed by atoms with van der Waals surface area (Å²) in [5.41, 5.74) is 0.852. The molecule has 0 atom stereocenters. The molecule has 7 amide bonds. The Morgan fingerprint density at radius 3 is 0.660 bits per heavy atom. The van der Waals surface area contributed by atoms with E-state index in [1.807, 2.05) is 192 Å². The lowest BCUT2D eigenvalue weighted by Gasteiger charge is -2.11. The Bertz CT molecular complexity index is 1250. The summed E-state index contributed by atoms with van der Waals surface area (Å²) in [6.07, 6.45) is 25.8. The molecule has 13 heterocycles. The number of urea groups is 1. The van der Waals surface area contributed by atoms with Crippen molar-refractivity contribution in [1.29, 1.82) is 0 Å². The fourth-order valence-electron chi connectivity index (χ4n) is 7.93. The Labute approximate surface area is 669 Å². The highest BCUT2D eigenvalue weighted by molar-refractivity contribution is 7.99. The van der Waals surface area contributed by atoms with Crippen LogP contribution in [0.15, 0.2) is 12.3 Å². The maximum absolute atomic E-state index is 10.4. The van der Waals surface area contributed by atoms with E-state index in [2.05, 4.69) is 82.1 Å². The zero-order valence-electron chi connectivity index (χ0n) is 75.3. The van der Waals surface area contributed by atoms with Crippen molar-refractivity contribution in [2.75, 3.05) is 167 Å². The van der Waals surface area contributed by atoms with Crippen molar-refractivity contribution < 1.29 is 43.0 Å². The van der Waals surface area contributed by atoms with Gasteiger partial charge < -0.3 is 72.7 Å². The predicted octanol–water partition coefficient (Wildman–Crippen LogP) is 17.2. The molecule has 0 spiro atoms. The number of hydrogen-bond donors (Lipinski definition) is 12. The standard InChI is InChI=1S/C5H7NO2.C5H7NO.C5H9NO.C5H11N.C5H10O.C5H10S.C4H10N2.C4H9NO.C4H7NO.C4H9NS.C4H9N.C4H8O.C3H6N2O.13C2H6/c7-4-2-1-3-5(8)6-4;1-4-2-3-5(7)6-4;7-5-3-1-2-4-6-5;3*1-2-4-6-5-3-1;1-2-6-4-3-5-1;1-3-6-4-2-5-1;6-4-2-1-3-5-4;1-3-6-4-2-5-1;2*1-2-4-5-3-1;6-3-4-1-2-5-3;13*1-2/h1-3H2,(H,6,7,8);1-3H2,(H,6,7);1-4H2,(H,6,7);6H,1-5H2;2*1-5H2;5-6H,1-4H2;5H,1-4H2;1-3H2,(H,5,6);5H,1-4H2;5H,1-4H2;1-4H2;1-2H2,(H2,4,5,6);13*1-2H3. The van der Waals surface area contributed by atoms with Crippen LogP contribution >= 0.6 is 23.5 Å². The highest BCUT2D eigenvalue weighted by atomic mass is 32.2. The molecule has 648 valence electrons. The first-order valence-corrected chi connectivity index (χ1v) is 46.1. The number of amides is 7. The van der Waals surface area contributed by atoms with E-state index in [1.165, 1.54) is 146 Å². The minimum absolute atomic E-state index is 0.0463. The second kappa shape index (κ2) is 147. The summed E-state index contributed by atoms with van der Waals surface area (Å²) >= 11 is 4.13. The molecule has 12 N–H and O–H groups in total. The van der Waals surface area contributed by atoms with E-state index < -0.39 is 0 Å². The smallest absolute Gasteiger partial charge is 0.314 e. The van der Waals surface area contributed by atoms with Gasteiger partial charge in [-0.25, -0.2) is 4.79 Å². The fourth-order valence-corrected chi connectivity index (χ4v) is 9.73. The minimum atomic E-state index is -0.138. The maximum Gasteiger partial charge on any atom is 0.314 e. The second-order valence-electron chi connectivity index (χ2n) is 20.1. The van der Waals surface area contributed by atoms with Gasteiger partial charge in [0.1, 0.15) is 0 Å². The van der Waals surface area contributed by atoms with Crippen LogP contribution in [0.3, 0.4) is 0 Å². The highest BCUT2D eigenvalue weighted by Gasteiger charge is 2.13. The van der Waals surface area contributed by atoms with Crippen LogP contribution in [0, 0.1) is 0 Å². The van der Waals surface area contributed by atoms with Crippen LogP contribution in [0.2, 0.25) is 0 Å². The molecular weight excluding hydrogens is 1370 g/mol. The number of nitrogens with one attached hydrogen (secondary N) is 12.